The highest BCUT2D eigenvalue weighted by atomic mass is 16.6. The van der Waals surface area contributed by atoms with Crippen molar-refractivity contribution in [2.24, 2.45) is 11.3 Å². The van der Waals surface area contributed by atoms with Crippen LogP contribution in [0, 0.1) is 21.4 Å². The Kier molecular flexibility index (Phi) is 3.55. The van der Waals surface area contributed by atoms with Crippen molar-refractivity contribution >= 4 is 17.4 Å². The van der Waals surface area contributed by atoms with Crippen molar-refractivity contribution in [1.82, 2.24) is 5.32 Å². The highest BCUT2D eigenvalue weighted by Crippen LogP contribution is 2.44. The van der Waals surface area contributed by atoms with Gasteiger partial charge in [0.05, 0.1) is 10.8 Å². The number of hydrogen-bond donors (Lipinski definition) is 1. The number of benzene rings is 1. The first-order chi connectivity index (χ1) is 10.8. The number of amides is 1. The van der Waals surface area contributed by atoms with Crippen LogP contribution >= 0.6 is 0 Å². The van der Waals surface area contributed by atoms with Crippen LogP contribution in [-0.4, -0.2) is 16.6 Å². The number of nitrogens with zero attached hydrogens (tertiary/aromatic N) is 1. The summed E-state index contributed by atoms with van der Waals surface area (Å²) in [5.41, 5.74) is 0.987. The Labute approximate surface area is 133 Å². The second-order valence-electron chi connectivity index (χ2n) is 6.92. The van der Waals surface area contributed by atoms with Crippen LogP contribution in [0.4, 0.5) is 5.69 Å². The molecule has 6 nitrogen and oxygen atoms in total. The number of nitro groups is 1. The molecule has 1 saturated heterocycles. The smallest absolute Gasteiger partial charge is 0.269 e. The van der Waals surface area contributed by atoms with Gasteiger partial charge in [0.25, 0.3) is 5.69 Å². The third-order valence-corrected chi connectivity index (χ3v) is 4.46. The van der Waals surface area contributed by atoms with Crippen molar-refractivity contribution in [2.45, 2.75) is 32.6 Å². The van der Waals surface area contributed by atoms with E-state index in [0.29, 0.717) is 17.7 Å². The molecule has 0 aromatic heterocycles. The van der Waals surface area contributed by atoms with Gasteiger partial charge in [-0.15, -0.1) is 0 Å². The molecule has 6 heteroatoms. The standard InChI is InChI=1S/C17H18N2O4/c1-17(2)8-13-16(14(20)9-17)12(7-15(21)18-13)10-4-3-5-11(6-10)19(22)23/h3-6,8,12,16H,7,9H2,1-2H3,(H,18,21)/t12-,16+/m1/s1. The Bertz CT molecular complexity index is 736. The summed E-state index contributed by atoms with van der Waals surface area (Å²) in [5, 5.41) is 13.8. The molecule has 1 N–H and O–H groups in total. The maximum absolute atomic E-state index is 12.6. The lowest BCUT2D eigenvalue weighted by atomic mass is 9.68. The summed E-state index contributed by atoms with van der Waals surface area (Å²) >= 11 is 0. The minimum Gasteiger partial charge on any atom is -0.329 e. The molecule has 1 aliphatic carbocycles. The van der Waals surface area contributed by atoms with E-state index in [1.807, 2.05) is 19.9 Å². The Morgan fingerprint density at radius 2 is 2.04 bits per heavy atom. The zero-order valence-corrected chi connectivity index (χ0v) is 13.0. The number of allylic oxidation sites excluding steroid dienone is 2. The van der Waals surface area contributed by atoms with Crippen LogP contribution in [-0.2, 0) is 9.59 Å². The predicted octanol–water partition coefficient (Wildman–Crippen LogP) is 2.70. The fourth-order valence-electron chi connectivity index (χ4n) is 3.56. The number of non-ortho nitro benzene ring substituents is 1. The minimum absolute atomic E-state index is 0.0254. The van der Waals surface area contributed by atoms with Crippen LogP contribution in [0.15, 0.2) is 36.0 Å². The van der Waals surface area contributed by atoms with E-state index in [0.717, 1.165) is 0 Å². The first-order valence-electron chi connectivity index (χ1n) is 7.56. The summed E-state index contributed by atoms with van der Waals surface area (Å²) in [6, 6.07) is 6.23. The first kappa shape index (κ1) is 15.4. The van der Waals surface area contributed by atoms with Crippen molar-refractivity contribution in [3.05, 3.63) is 51.7 Å². The molecule has 0 saturated carbocycles. The number of carbonyl (C=O) groups is 2. The number of carbonyl (C=O) groups excluding carboxylic acids is 2. The second kappa shape index (κ2) is 5.30. The molecular weight excluding hydrogens is 296 g/mol. The normalized spacial score (nSPS) is 26.1. The predicted molar refractivity (Wildman–Crippen MR) is 83.6 cm³/mol. The molecule has 1 heterocycles. The van der Waals surface area contributed by atoms with Crippen LogP contribution in [0.2, 0.25) is 0 Å². The van der Waals surface area contributed by atoms with Crippen LogP contribution in [0.25, 0.3) is 0 Å². The third kappa shape index (κ3) is 2.88. The number of hydrogen-bond acceptors (Lipinski definition) is 4. The van der Waals surface area contributed by atoms with E-state index < -0.39 is 10.8 Å². The van der Waals surface area contributed by atoms with Crippen molar-refractivity contribution in [2.75, 3.05) is 0 Å². The summed E-state index contributed by atoms with van der Waals surface area (Å²) in [5.74, 6) is -0.861. The topological polar surface area (TPSA) is 89.3 Å². The molecule has 1 amide bonds. The van der Waals surface area contributed by atoms with Crippen LogP contribution in [0.3, 0.4) is 0 Å². The Hall–Kier alpha value is -2.50. The highest BCUT2D eigenvalue weighted by Gasteiger charge is 2.43. The summed E-state index contributed by atoms with van der Waals surface area (Å²) in [7, 11) is 0. The van der Waals surface area contributed by atoms with E-state index >= 15 is 0 Å². The van der Waals surface area contributed by atoms with Gasteiger partial charge in [0, 0.05) is 36.6 Å². The number of rotatable bonds is 2. The molecule has 120 valence electrons. The number of ketones is 1. The zero-order chi connectivity index (χ0) is 16.8. The molecule has 0 radical (unpaired) electrons. The lowest BCUT2D eigenvalue weighted by Crippen LogP contribution is -2.45. The van der Waals surface area contributed by atoms with Crippen LogP contribution in [0.1, 0.15) is 38.2 Å². The van der Waals surface area contributed by atoms with Gasteiger partial charge in [0.1, 0.15) is 5.78 Å². The molecule has 0 unspecified atom stereocenters. The number of nitro benzene ring substituents is 1. The van der Waals surface area contributed by atoms with Gasteiger partial charge in [-0.05, 0) is 11.0 Å². The molecule has 1 aliphatic heterocycles. The van der Waals surface area contributed by atoms with Crippen molar-refractivity contribution in [3.8, 4) is 0 Å². The molecule has 1 fully saturated rings. The minimum atomic E-state index is -0.463. The summed E-state index contributed by atoms with van der Waals surface area (Å²) in [6.45, 7) is 3.91. The van der Waals surface area contributed by atoms with Crippen molar-refractivity contribution in [1.29, 1.82) is 0 Å². The third-order valence-electron chi connectivity index (χ3n) is 4.46. The quantitative estimate of drug-likeness (QED) is 0.671. The lowest BCUT2D eigenvalue weighted by Gasteiger charge is -2.39. The number of piperidine rings is 1. The number of nitrogens with one attached hydrogen (secondary N) is 1. The summed E-state index contributed by atoms with van der Waals surface area (Å²) < 4.78 is 0. The molecule has 2 atom stereocenters. The molecule has 23 heavy (non-hydrogen) atoms. The Morgan fingerprint density at radius 1 is 1.30 bits per heavy atom. The van der Waals surface area contributed by atoms with E-state index in [1.54, 1.807) is 12.1 Å². The highest BCUT2D eigenvalue weighted by molar-refractivity contribution is 5.92. The van der Waals surface area contributed by atoms with Crippen molar-refractivity contribution < 1.29 is 14.5 Å². The average Bonchev–Trinajstić information content (AvgIpc) is 2.44. The van der Waals surface area contributed by atoms with E-state index in [1.165, 1.54) is 12.1 Å². The zero-order valence-electron chi connectivity index (χ0n) is 13.0. The lowest BCUT2D eigenvalue weighted by molar-refractivity contribution is -0.384. The van der Waals surface area contributed by atoms with Gasteiger partial charge in [0.2, 0.25) is 5.91 Å². The fourth-order valence-corrected chi connectivity index (χ4v) is 3.56. The fraction of sp³-hybridized carbons (Fsp3) is 0.412. The number of Topliss-reactive ketones (excluding diaryl/α,β-unsaturated/α-hetero) is 1. The number of fused-ring (bicyclic) bond motifs is 1. The molecule has 2 aliphatic rings. The van der Waals surface area contributed by atoms with Gasteiger partial charge in [-0.3, -0.25) is 19.7 Å². The van der Waals surface area contributed by atoms with Gasteiger partial charge in [-0.1, -0.05) is 32.1 Å². The molecule has 3 rings (SSSR count). The molecule has 0 spiro atoms. The van der Waals surface area contributed by atoms with Crippen LogP contribution in [0.5, 0.6) is 0 Å². The van der Waals surface area contributed by atoms with Crippen LogP contribution < -0.4 is 5.32 Å². The Balaban J connectivity index is 2.05. The molecule has 0 bridgehead atoms. The van der Waals surface area contributed by atoms with Crippen molar-refractivity contribution in [3.63, 3.8) is 0 Å². The average molecular weight is 314 g/mol. The first-order valence-corrected chi connectivity index (χ1v) is 7.56. The monoisotopic (exact) mass is 314 g/mol. The summed E-state index contributed by atoms with van der Waals surface area (Å²) in [6.07, 6.45) is 2.51. The Morgan fingerprint density at radius 3 is 2.74 bits per heavy atom. The largest absolute Gasteiger partial charge is 0.329 e. The molecular formula is C17H18N2O4. The van der Waals surface area contributed by atoms with E-state index in [9.17, 15) is 19.7 Å². The van der Waals surface area contributed by atoms with Gasteiger partial charge >= 0.3 is 0 Å². The van der Waals surface area contributed by atoms with E-state index in [2.05, 4.69) is 5.32 Å². The van der Waals surface area contributed by atoms with Gasteiger partial charge in [-0.25, -0.2) is 0 Å². The van der Waals surface area contributed by atoms with Gasteiger partial charge in [0.15, 0.2) is 0 Å². The SMILES string of the molecule is CC1(C)C=C2NC(=O)C[C@H](c3cccc([N+](=O)[O-])c3)[C@@H]2C(=O)C1. The maximum atomic E-state index is 12.6. The van der Waals surface area contributed by atoms with E-state index in [-0.39, 0.29) is 35.1 Å². The molecule has 1 aromatic rings. The second-order valence-corrected chi connectivity index (χ2v) is 6.92. The summed E-state index contributed by atoms with van der Waals surface area (Å²) in [4.78, 5) is 35.2. The van der Waals surface area contributed by atoms with Gasteiger partial charge in [-0.2, -0.15) is 0 Å². The van der Waals surface area contributed by atoms with Gasteiger partial charge < -0.3 is 5.32 Å². The molecule has 1 aromatic carbocycles. The van der Waals surface area contributed by atoms with E-state index in [4.69, 9.17) is 0 Å². The maximum Gasteiger partial charge on any atom is 0.269 e.